The van der Waals surface area contributed by atoms with Gasteiger partial charge in [-0.2, -0.15) is 0 Å². The molecule has 1 atom stereocenters. The average Bonchev–Trinajstić information content (AvgIpc) is 3.03. The summed E-state index contributed by atoms with van der Waals surface area (Å²) in [5.74, 6) is 0.136. The van der Waals surface area contributed by atoms with E-state index in [1.807, 2.05) is 40.7 Å². The van der Waals surface area contributed by atoms with E-state index in [9.17, 15) is 9.59 Å². The smallest absolute Gasteiger partial charge is 0.258 e. The number of nitrogens with one attached hydrogen (secondary N) is 2. The van der Waals surface area contributed by atoms with Crippen LogP contribution in [0.1, 0.15) is 62.1 Å². The maximum atomic E-state index is 13.1. The minimum atomic E-state index is -0.269. The summed E-state index contributed by atoms with van der Waals surface area (Å²) < 4.78 is 2.00. The number of hydrogen-bond acceptors (Lipinski definition) is 5. The number of aryl methyl sites for hydroxylation is 1. The number of halogens is 1. The quantitative estimate of drug-likeness (QED) is 0.437. The van der Waals surface area contributed by atoms with Gasteiger partial charge in [0.05, 0.1) is 22.1 Å². The first kappa shape index (κ1) is 26.8. The van der Waals surface area contributed by atoms with Crippen molar-refractivity contribution in [1.82, 2.24) is 24.8 Å². The van der Waals surface area contributed by atoms with E-state index in [1.54, 1.807) is 24.4 Å². The summed E-state index contributed by atoms with van der Waals surface area (Å²) in [4.78, 5) is 37.0. The van der Waals surface area contributed by atoms with Crippen LogP contribution in [-0.4, -0.2) is 56.4 Å². The summed E-state index contributed by atoms with van der Waals surface area (Å²) in [5, 5.41) is 6.91. The predicted molar refractivity (Wildman–Crippen MR) is 148 cm³/mol. The highest BCUT2D eigenvalue weighted by molar-refractivity contribution is 6.35. The van der Waals surface area contributed by atoms with Gasteiger partial charge in [-0.05, 0) is 71.2 Å². The lowest BCUT2D eigenvalue weighted by Gasteiger charge is -2.26. The second-order valence-electron chi connectivity index (χ2n) is 10.5. The molecule has 8 nitrogen and oxygen atoms in total. The molecule has 0 spiro atoms. The zero-order chi connectivity index (χ0) is 26.6. The Bertz CT molecular complexity index is 1310. The number of carbonyl (C=O) groups excluding carboxylic acids is 2. The summed E-state index contributed by atoms with van der Waals surface area (Å²) in [6.45, 7) is 9.93. The summed E-state index contributed by atoms with van der Waals surface area (Å²) in [6.07, 6.45) is 7.84. The van der Waals surface area contributed by atoms with Gasteiger partial charge in [-0.3, -0.25) is 19.9 Å². The van der Waals surface area contributed by atoms with Crippen LogP contribution in [0.15, 0.2) is 48.7 Å². The highest BCUT2D eigenvalue weighted by Crippen LogP contribution is 2.34. The molecule has 0 unspecified atom stereocenters. The summed E-state index contributed by atoms with van der Waals surface area (Å²) >= 11 is 6.65. The van der Waals surface area contributed by atoms with E-state index < -0.39 is 0 Å². The Morgan fingerprint density at radius 2 is 2.03 bits per heavy atom. The summed E-state index contributed by atoms with van der Waals surface area (Å²) in [6, 6.07) is 8.88. The molecule has 3 heterocycles. The van der Waals surface area contributed by atoms with Gasteiger partial charge in [-0.1, -0.05) is 23.7 Å². The molecule has 0 bridgehead atoms. The number of aromatic nitrogens is 3. The predicted octanol–water partition coefficient (Wildman–Crippen LogP) is 5.14. The Kier molecular flexibility index (Phi) is 8.29. The maximum absolute atomic E-state index is 13.1. The number of rotatable bonds is 6. The number of imidazole rings is 1. The first-order valence-electron chi connectivity index (χ1n) is 12.7. The van der Waals surface area contributed by atoms with Gasteiger partial charge in [0.1, 0.15) is 0 Å². The van der Waals surface area contributed by atoms with Gasteiger partial charge >= 0.3 is 0 Å². The molecular formula is C28H35ClN6O2. The topological polar surface area (TPSA) is 92.2 Å². The van der Waals surface area contributed by atoms with E-state index >= 15 is 0 Å². The van der Waals surface area contributed by atoms with Crippen LogP contribution in [0.5, 0.6) is 0 Å². The summed E-state index contributed by atoms with van der Waals surface area (Å²) in [7, 11) is 0. The molecule has 1 aromatic carbocycles. The van der Waals surface area contributed by atoms with Crippen molar-refractivity contribution in [3.05, 3.63) is 65.0 Å². The van der Waals surface area contributed by atoms with E-state index in [1.165, 1.54) is 0 Å². The van der Waals surface area contributed by atoms with E-state index in [2.05, 4.69) is 36.4 Å². The van der Waals surface area contributed by atoms with Crippen molar-refractivity contribution in [1.29, 1.82) is 0 Å². The van der Waals surface area contributed by atoms with Crippen molar-refractivity contribution in [2.45, 2.75) is 58.5 Å². The van der Waals surface area contributed by atoms with E-state index in [4.69, 9.17) is 16.6 Å². The van der Waals surface area contributed by atoms with Crippen LogP contribution >= 0.6 is 11.6 Å². The van der Waals surface area contributed by atoms with E-state index in [-0.39, 0.29) is 23.4 Å². The first-order chi connectivity index (χ1) is 17.6. The van der Waals surface area contributed by atoms with Crippen LogP contribution in [-0.2, 0) is 4.79 Å². The molecule has 2 aromatic heterocycles. The fourth-order valence-corrected chi connectivity index (χ4v) is 4.83. The fraction of sp³-hybridized carbons (Fsp3) is 0.429. The normalized spacial score (nSPS) is 16.8. The molecule has 37 heavy (non-hydrogen) atoms. The number of para-hydroxylation sites is 1. The van der Waals surface area contributed by atoms with Crippen molar-refractivity contribution in [3.8, 4) is 0 Å². The number of benzene rings is 1. The zero-order valence-corrected chi connectivity index (χ0v) is 22.7. The lowest BCUT2D eigenvalue weighted by Crippen LogP contribution is -2.36. The number of likely N-dealkylation sites (tertiary alicyclic amines) is 1. The van der Waals surface area contributed by atoms with Gasteiger partial charge in [-0.15, -0.1) is 0 Å². The van der Waals surface area contributed by atoms with Gasteiger partial charge < -0.3 is 14.8 Å². The molecule has 1 aliphatic rings. The molecule has 2 N–H and O–H groups in total. The maximum Gasteiger partial charge on any atom is 0.258 e. The molecule has 0 radical (unpaired) electrons. The number of anilines is 1. The van der Waals surface area contributed by atoms with Crippen LogP contribution in [0.25, 0.3) is 11.0 Å². The Morgan fingerprint density at radius 3 is 2.78 bits per heavy atom. The number of pyridine rings is 1. The SMILES string of the molecule is Cc1cc(C(=O)Nc2nc3cccc(Cl)c3n2[C@@H]2CCCCN(C(=O)C=CCNC(C)(C)C)C2)ccn1. The van der Waals surface area contributed by atoms with Crippen LogP contribution in [0.3, 0.4) is 0 Å². The second-order valence-corrected chi connectivity index (χ2v) is 10.9. The van der Waals surface area contributed by atoms with Crippen LogP contribution in [0.4, 0.5) is 5.95 Å². The molecule has 1 saturated heterocycles. The Morgan fingerprint density at radius 1 is 1.22 bits per heavy atom. The monoisotopic (exact) mass is 522 g/mol. The Balaban J connectivity index is 1.62. The number of hydrogen-bond donors (Lipinski definition) is 2. The van der Waals surface area contributed by atoms with Gasteiger partial charge in [-0.25, -0.2) is 4.98 Å². The van der Waals surface area contributed by atoms with E-state index in [0.29, 0.717) is 41.7 Å². The first-order valence-corrected chi connectivity index (χ1v) is 13.1. The third-order valence-corrected chi connectivity index (χ3v) is 6.68. The largest absolute Gasteiger partial charge is 0.337 e. The van der Waals surface area contributed by atoms with Gasteiger partial charge in [0.25, 0.3) is 5.91 Å². The van der Waals surface area contributed by atoms with Gasteiger partial charge in [0.15, 0.2) is 0 Å². The number of fused-ring (bicyclic) bond motifs is 1. The molecule has 1 fully saturated rings. The standard InChI is InChI=1S/C28H35ClN6O2/c1-19-17-20(13-15-30-19)26(37)33-27-32-23-11-7-10-22(29)25(23)35(27)21-9-5-6-16-34(18-21)24(36)12-8-14-31-28(2,3)4/h7-8,10-13,15,17,21,31H,5-6,9,14,16,18H2,1-4H3,(H,32,33,37)/t21-/m1/s1. The Hall–Kier alpha value is -3.23. The van der Waals surface area contributed by atoms with Crippen molar-refractivity contribution >= 4 is 40.4 Å². The van der Waals surface area contributed by atoms with Crippen molar-refractivity contribution in [2.24, 2.45) is 0 Å². The number of carbonyl (C=O) groups is 2. The highest BCUT2D eigenvalue weighted by atomic mass is 35.5. The zero-order valence-electron chi connectivity index (χ0n) is 21.9. The van der Waals surface area contributed by atoms with Gasteiger partial charge in [0, 0.05) is 48.7 Å². The lowest BCUT2D eigenvalue weighted by atomic mass is 10.1. The third kappa shape index (κ3) is 6.76. The van der Waals surface area contributed by atoms with Gasteiger partial charge in [0.2, 0.25) is 11.9 Å². The average molecular weight is 523 g/mol. The van der Waals surface area contributed by atoms with Crippen LogP contribution in [0.2, 0.25) is 5.02 Å². The lowest BCUT2D eigenvalue weighted by molar-refractivity contribution is -0.126. The minimum absolute atomic E-state index is 0.0152. The van der Waals surface area contributed by atoms with E-state index in [0.717, 1.165) is 30.5 Å². The Labute approximate surface area is 223 Å². The second kappa shape index (κ2) is 11.4. The molecule has 196 valence electrons. The molecular weight excluding hydrogens is 488 g/mol. The molecule has 2 amide bonds. The van der Waals surface area contributed by atoms with Crippen LogP contribution < -0.4 is 10.6 Å². The fourth-order valence-electron chi connectivity index (χ4n) is 4.57. The third-order valence-electron chi connectivity index (χ3n) is 6.38. The van der Waals surface area contributed by atoms with Crippen LogP contribution in [0, 0.1) is 6.92 Å². The van der Waals surface area contributed by atoms with Crippen molar-refractivity contribution in [3.63, 3.8) is 0 Å². The van der Waals surface area contributed by atoms with Crippen molar-refractivity contribution < 1.29 is 9.59 Å². The molecule has 0 saturated carbocycles. The number of amides is 2. The molecule has 0 aliphatic carbocycles. The molecule has 4 rings (SSSR count). The minimum Gasteiger partial charge on any atom is -0.337 e. The molecule has 3 aromatic rings. The highest BCUT2D eigenvalue weighted by Gasteiger charge is 2.27. The molecule has 1 aliphatic heterocycles. The molecule has 9 heteroatoms. The van der Waals surface area contributed by atoms with Crippen molar-refractivity contribution in [2.75, 3.05) is 25.0 Å². The number of nitrogens with zero attached hydrogens (tertiary/aromatic N) is 4. The summed E-state index contributed by atoms with van der Waals surface area (Å²) in [5.41, 5.74) is 2.70.